The standard InChI is InChI=1S/C21H26N4O3/c1-25(27)14-18-19(26)10-9-15(24-18)6-3-4-12-22-17-11-13-23-21-16(17)7-5-8-20(21)28-2/h5,7-11,13,26-27H,3-4,6,12,14H2,1-2H3,(H,22,23). The third kappa shape index (κ3) is 4.88. The summed E-state index contributed by atoms with van der Waals surface area (Å²) >= 11 is 0. The van der Waals surface area contributed by atoms with E-state index >= 15 is 0 Å². The van der Waals surface area contributed by atoms with E-state index in [1.165, 1.54) is 7.05 Å². The van der Waals surface area contributed by atoms with E-state index in [9.17, 15) is 10.3 Å². The fourth-order valence-electron chi connectivity index (χ4n) is 3.13. The Bertz CT molecular complexity index is 931. The Morgan fingerprint density at radius 3 is 2.79 bits per heavy atom. The molecule has 0 saturated heterocycles. The number of rotatable bonds is 9. The number of nitrogens with one attached hydrogen (secondary N) is 1. The minimum absolute atomic E-state index is 0.103. The highest BCUT2D eigenvalue weighted by Gasteiger charge is 2.08. The summed E-state index contributed by atoms with van der Waals surface area (Å²) in [7, 11) is 3.18. The molecule has 0 fully saturated rings. The predicted molar refractivity (Wildman–Crippen MR) is 109 cm³/mol. The second-order valence-corrected chi connectivity index (χ2v) is 6.68. The van der Waals surface area contributed by atoms with Gasteiger partial charge in [0.2, 0.25) is 0 Å². The van der Waals surface area contributed by atoms with Crippen molar-refractivity contribution < 1.29 is 15.1 Å². The van der Waals surface area contributed by atoms with E-state index in [0.717, 1.165) is 58.9 Å². The Balaban J connectivity index is 1.54. The van der Waals surface area contributed by atoms with E-state index in [4.69, 9.17) is 4.74 Å². The summed E-state index contributed by atoms with van der Waals surface area (Å²) in [6, 6.07) is 11.3. The van der Waals surface area contributed by atoms with Crippen molar-refractivity contribution >= 4 is 16.6 Å². The van der Waals surface area contributed by atoms with Gasteiger partial charge in [0, 0.05) is 36.6 Å². The third-order valence-corrected chi connectivity index (χ3v) is 4.52. The largest absolute Gasteiger partial charge is 0.506 e. The number of methoxy groups -OCH3 is 1. The number of hydroxylamine groups is 2. The first kappa shape index (κ1) is 19.9. The van der Waals surface area contributed by atoms with Crippen LogP contribution in [-0.2, 0) is 13.0 Å². The molecule has 0 saturated carbocycles. The van der Waals surface area contributed by atoms with Crippen molar-refractivity contribution in [2.45, 2.75) is 25.8 Å². The van der Waals surface area contributed by atoms with Crippen molar-refractivity contribution in [2.75, 3.05) is 26.0 Å². The molecule has 0 aliphatic carbocycles. The Hall–Kier alpha value is -2.90. The summed E-state index contributed by atoms with van der Waals surface area (Å²) in [5.74, 6) is 0.871. The molecule has 2 heterocycles. The number of aromatic hydroxyl groups is 1. The Kier molecular flexibility index (Phi) is 6.62. The first-order valence-electron chi connectivity index (χ1n) is 9.32. The van der Waals surface area contributed by atoms with Gasteiger partial charge < -0.3 is 20.4 Å². The summed E-state index contributed by atoms with van der Waals surface area (Å²) in [6.07, 6.45) is 4.54. The summed E-state index contributed by atoms with van der Waals surface area (Å²) in [5.41, 5.74) is 3.29. The number of benzene rings is 1. The van der Waals surface area contributed by atoms with Crippen LogP contribution in [0.25, 0.3) is 10.9 Å². The first-order valence-corrected chi connectivity index (χ1v) is 9.32. The molecule has 2 aromatic heterocycles. The van der Waals surface area contributed by atoms with Gasteiger partial charge in [-0.25, -0.2) is 0 Å². The van der Waals surface area contributed by atoms with Gasteiger partial charge in [-0.1, -0.05) is 12.1 Å². The molecule has 0 aliphatic heterocycles. The highest BCUT2D eigenvalue weighted by Crippen LogP contribution is 2.28. The lowest BCUT2D eigenvalue weighted by Gasteiger charge is -2.12. The molecule has 3 N–H and O–H groups in total. The van der Waals surface area contributed by atoms with Gasteiger partial charge in [0.15, 0.2) is 0 Å². The normalized spacial score (nSPS) is 11.1. The van der Waals surface area contributed by atoms with Gasteiger partial charge in [-0.05, 0) is 43.5 Å². The fourth-order valence-corrected chi connectivity index (χ4v) is 3.13. The molecular weight excluding hydrogens is 356 g/mol. The molecule has 0 radical (unpaired) electrons. The zero-order chi connectivity index (χ0) is 19.9. The van der Waals surface area contributed by atoms with Gasteiger partial charge in [0.25, 0.3) is 0 Å². The van der Waals surface area contributed by atoms with E-state index in [0.29, 0.717) is 5.69 Å². The number of para-hydroxylation sites is 1. The minimum atomic E-state index is 0.103. The maximum Gasteiger partial charge on any atom is 0.145 e. The van der Waals surface area contributed by atoms with E-state index < -0.39 is 0 Å². The van der Waals surface area contributed by atoms with Crippen LogP contribution in [0.4, 0.5) is 5.69 Å². The van der Waals surface area contributed by atoms with Crippen molar-refractivity contribution in [3.8, 4) is 11.5 Å². The summed E-state index contributed by atoms with van der Waals surface area (Å²) in [5, 5.41) is 24.7. The van der Waals surface area contributed by atoms with Crippen LogP contribution in [0.3, 0.4) is 0 Å². The van der Waals surface area contributed by atoms with Crippen molar-refractivity contribution in [3.05, 3.63) is 54.0 Å². The molecule has 0 atom stereocenters. The lowest BCUT2D eigenvalue weighted by molar-refractivity contribution is -0.0745. The molecule has 3 rings (SSSR count). The van der Waals surface area contributed by atoms with Gasteiger partial charge in [0.1, 0.15) is 17.0 Å². The van der Waals surface area contributed by atoms with Crippen LogP contribution in [0.15, 0.2) is 42.6 Å². The van der Waals surface area contributed by atoms with Crippen LogP contribution in [0.5, 0.6) is 11.5 Å². The zero-order valence-electron chi connectivity index (χ0n) is 16.2. The average Bonchev–Trinajstić information content (AvgIpc) is 2.69. The maximum absolute atomic E-state index is 9.82. The second-order valence-electron chi connectivity index (χ2n) is 6.68. The highest BCUT2D eigenvalue weighted by atomic mass is 16.5. The summed E-state index contributed by atoms with van der Waals surface area (Å²) in [4.78, 5) is 8.85. The lowest BCUT2D eigenvalue weighted by Crippen LogP contribution is -2.13. The number of aryl methyl sites for hydroxylation is 1. The number of aromatic nitrogens is 2. The van der Waals surface area contributed by atoms with Gasteiger partial charge in [-0.15, -0.1) is 0 Å². The van der Waals surface area contributed by atoms with Gasteiger partial charge in [-0.2, -0.15) is 5.06 Å². The van der Waals surface area contributed by atoms with E-state index in [2.05, 4.69) is 15.3 Å². The van der Waals surface area contributed by atoms with Crippen LogP contribution in [0, 0.1) is 0 Å². The first-order chi connectivity index (χ1) is 13.6. The number of hydrogen-bond donors (Lipinski definition) is 3. The predicted octanol–water partition coefficient (Wildman–Crippen LogP) is 3.60. The fraction of sp³-hybridized carbons (Fsp3) is 0.333. The molecule has 0 aliphatic rings. The smallest absolute Gasteiger partial charge is 0.145 e. The van der Waals surface area contributed by atoms with Crippen molar-refractivity contribution in [1.82, 2.24) is 15.0 Å². The monoisotopic (exact) mass is 382 g/mol. The molecule has 7 nitrogen and oxygen atoms in total. The number of fused-ring (bicyclic) bond motifs is 1. The van der Waals surface area contributed by atoms with Crippen LogP contribution in [0.1, 0.15) is 24.2 Å². The number of nitrogens with zero attached hydrogens (tertiary/aromatic N) is 3. The molecule has 7 heteroatoms. The topological polar surface area (TPSA) is 90.7 Å². The highest BCUT2D eigenvalue weighted by molar-refractivity contribution is 5.94. The number of ether oxygens (including phenoxy) is 1. The number of unbranched alkanes of at least 4 members (excludes halogenated alkanes) is 1. The number of anilines is 1. The average molecular weight is 382 g/mol. The molecular formula is C21H26N4O3. The Morgan fingerprint density at radius 2 is 2.00 bits per heavy atom. The van der Waals surface area contributed by atoms with Crippen LogP contribution >= 0.6 is 0 Å². The quantitative estimate of drug-likeness (QED) is 0.385. The molecule has 28 heavy (non-hydrogen) atoms. The molecule has 0 amide bonds. The third-order valence-electron chi connectivity index (χ3n) is 4.52. The molecule has 0 spiro atoms. The maximum atomic E-state index is 9.82. The summed E-state index contributed by atoms with van der Waals surface area (Å²) in [6.45, 7) is 1.03. The van der Waals surface area contributed by atoms with E-state index in [-0.39, 0.29) is 12.3 Å². The van der Waals surface area contributed by atoms with Gasteiger partial charge in [0.05, 0.1) is 19.3 Å². The SMILES string of the molecule is COc1cccc2c(NCCCCc3ccc(O)c(CN(C)O)n3)ccnc12. The molecule has 1 aromatic carbocycles. The molecule has 0 unspecified atom stereocenters. The van der Waals surface area contributed by atoms with Crippen LogP contribution < -0.4 is 10.1 Å². The zero-order valence-corrected chi connectivity index (χ0v) is 16.2. The van der Waals surface area contributed by atoms with Crippen molar-refractivity contribution in [2.24, 2.45) is 0 Å². The number of hydrogen-bond acceptors (Lipinski definition) is 7. The van der Waals surface area contributed by atoms with Crippen LogP contribution in [0.2, 0.25) is 0 Å². The second kappa shape index (κ2) is 9.34. The van der Waals surface area contributed by atoms with Crippen molar-refractivity contribution in [3.63, 3.8) is 0 Å². The molecule has 148 valence electrons. The lowest BCUT2D eigenvalue weighted by atomic mass is 10.1. The molecule has 3 aromatic rings. The van der Waals surface area contributed by atoms with E-state index in [1.807, 2.05) is 30.3 Å². The van der Waals surface area contributed by atoms with Gasteiger partial charge in [-0.3, -0.25) is 9.97 Å². The van der Waals surface area contributed by atoms with Crippen LogP contribution in [-0.4, -0.2) is 46.0 Å². The van der Waals surface area contributed by atoms with E-state index in [1.54, 1.807) is 19.4 Å². The Morgan fingerprint density at radius 1 is 1.14 bits per heavy atom. The minimum Gasteiger partial charge on any atom is -0.506 e. The van der Waals surface area contributed by atoms with Gasteiger partial charge >= 0.3 is 0 Å². The number of pyridine rings is 2. The van der Waals surface area contributed by atoms with Crippen molar-refractivity contribution in [1.29, 1.82) is 0 Å². The molecule has 0 bridgehead atoms. The summed E-state index contributed by atoms with van der Waals surface area (Å²) < 4.78 is 5.38. The Labute approximate surface area is 164 Å².